The third-order valence-corrected chi connectivity index (χ3v) is 12.2. The summed E-state index contributed by atoms with van der Waals surface area (Å²) < 4.78 is 13.2. The van der Waals surface area contributed by atoms with Crippen molar-refractivity contribution >= 4 is 6.03 Å². The van der Waals surface area contributed by atoms with Gasteiger partial charge in [0.2, 0.25) is 0 Å². The molecule has 0 radical (unpaired) electrons. The Morgan fingerprint density at radius 2 is 1.50 bits per heavy atom. The van der Waals surface area contributed by atoms with Crippen molar-refractivity contribution in [1.82, 2.24) is 15.5 Å². The number of amides is 2. The minimum atomic E-state index is -0.759. The number of urea groups is 1. The summed E-state index contributed by atoms with van der Waals surface area (Å²) in [5.74, 6) is 2.48. The number of nitrogens with one attached hydrogen (secondary N) is 2. The van der Waals surface area contributed by atoms with Crippen LogP contribution < -0.4 is 10.6 Å². The predicted octanol–water partition coefficient (Wildman–Crippen LogP) is 7.53. The zero-order valence-corrected chi connectivity index (χ0v) is 31.1. The van der Waals surface area contributed by atoms with E-state index in [0.29, 0.717) is 31.6 Å². The molecule has 9 rings (SSSR count). The molecule has 4 aliphatic carbocycles. The highest BCUT2D eigenvalue weighted by molar-refractivity contribution is 5.75. The first-order valence-corrected chi connectivity index (χ1v) is 19.6. The topological polar surface area (TPSA) is 124 Å². The molecule has 0 spiro atoms. The maximum atomic E-state index is 13.1. The molecule has 4 aromatic carbocycles. The Hall–Kier alpha value is -4.25. The van der Waals surface area contributed by atoms with E-state index in [2.05, 4.69) is 41.0 Å². The van der Waals surface area contributed by atoms with Crippen LogP contribution in [0.5, 0.6) is 5.75 Å². The third-order valence-electron chi connectivity index (χ3n) is 12.2. The van der Waals surface area contributed by atoms with Gasteiger partial charge in [0.05, 0.1) is 24.9 Å². The smallest absolute Gasteiger partial charge is 0.315 e. The van der Waals surface area contributed by atoms with Crippen molar-refractivity contribution in [1.29, 1.82) is 0 Å². The lowest BCUT2D eigenvalue weighted by Gasteiger charge is -2.56. The van der Waals surface area contributed by atoms with Gasteiger partial charge in [0.15, 0.2) is 6.29 Å². The molecule has 0 unspecified atom stereocenters. The number of ether oxygens (including phenoxy) is 2. The number of phenols is 1. The molecule has 4 atom stereocenters. The van der Waals surface area contributed by atoms with E-state index < -0.39 is 12.4 Å². The number of aromatic hydroxyl groups is 1. The Balaban J connectivity index is 0.916. The highest BCUT2D eigenvalue weighted by Crippen LogP contribution is 2.55. The van der Waals surface area contributed by atoms with Crippen molar-refractivity contribution in [2.24, 2.45) is 17.8 Å². The third kappa shape index (κ3) is 8.51. The SMILES string of the molecule is CN(C[C@@H]1C[C@H](c2ccc(CO)cc2)O[C@H](c2ccc(-c3cccc(CNC(=O)NC45CC6CC(CC(C6)C4)C5)c3)cc2)O1)C[C@@H](O)c1cccc(O)c1. The summed E-state index contributed by atoms with van der Waals surface area (Å²) in [4.78, 5) is 15.2. The number of phenolic OH excluding ortho intramolecular Hbond substituents is 1. The molecule has 5 fully saturated rings. The van der Waals surface area contributed by atoms with Gasteiger partial charge in [0.25, 0.3) is 0 Å². The van der Waals surface area contributed by atoms with Crippen molar-refractivity contribution in [2.45, 2.75) is 88.2 Å². The van der Waals surface area contributed by atoms with E-state index in [-0.39, 0.29) is 36.1 Å². The van der Waals surface area contributed by atoms with Gasteiger partial charge in [-0.05, 0) is 115 Å². The van der Waals surface area contributed by atoms with Crippen LogP contribution in [0.25, 0.3) is 11.1 Å². The van der Waals surface area contributed by atoms with Crippen LogP contribution >= 0.6 is 0 Å². The van der Waals surface area contributed by atoms with Crippen LogP contribution in [0, 0.1) is 17.8 Å². The van der Waals surface area contributed by atoms with E-state index in [0.717, 1.165) is 70.4 Å². The fourth-order valence-electron chi connectivity index (χ4n) is 10.0. The fourth-order valence-corrected chi connectivity index (χ4v) is 10.0. The van der Waals surface area contributed by atoms with E-state index >= 15 is 0 Å². The monoisotopic (exact) mass is 731 g/mol. The summed E-state index contributed by atoms with van der Waals surface area (Å²) in [5.41, 5.74) is 6.59. The fraction of sp³-hybridized carbons (Fsp3) is 0.444. The summed E-state index contributed by atoms with van der Waals surface area (Å²) >= 11 is 0. The maximum Gasteiger partial charge on any atom is 0.315 e. The molecule has 5 N–H and O–H groups in total. The molecule has 5 aliphatic rings. The number of nitrogens with zero attached hydrogens (tertiary/aromatic N) is 1. The Bertz CT molecular complexity index is 1860. The standard InChI is InChI=1S/C45H53N3O6/c1-48(27-41(51)38-6-3-7-39(50)20-38)26-40-21-42(35-10-8-29(28-49)9-11-35)54-43(53-40)36-14-12-34(13-15-36)37-5-2-4-30(19-37)25-46-44(52)47-45-22-31-16-32(23-45)18-33(17-31)24-45/h2-15,19-20,31-33,40-43,49-51H,16-18,21-28H2,1H3,(H2,46,47,52)/t31?,32?,33?,40-,41+,42+,43+,45?/m0/s1. The number of carbonyl (C=O) groups excluding carboxylic acids is 1. The van der Waals surface area contributed by atoms with Crippen molar-refractivity contribution in [3.8, 4) is 16.9 Å². The normalized spacial score (nSPS) is 27.9. The first-order valence-electron chi connectivity index (χ1n) is 19.6. The molecule has 2 amide bonds. The number of aliphatic hydroxyl groups excluding tert-OH is 2. The number of hydrogen-bond donors (Lipinski definition) is 5. The lowest BCUT2D eigenvalue weighted by Crippen LogP contribution is -2.61. The summed E-state index contributed by atoms with van der Waals surface area (Å²) in [7, 11) is 1.96. The number of rotatable bonds is 12. The van der Waals surface area contributed by atoms with Crippen molar-refractivity contribution in [3.05, 3.63) is 125 Å². The Morgan fingerprint density at radius 3 is 2.19 bits per heavy atom. The van der Waals surface area contributed by atoms with Crippen LogP contribution in [0.2, 0.25) is 0 Å². The molecule has 1 aliphatic heterocycles. The second-order valence-electron chi connectivity index (χ2n) is 16.5. The van der Waals surface area contributed by atoms with Gasteiger partial charge in [-0.2, -0.15) is 0 Å². The van der Waals surface area contributed by atoms with Crippen molar-refractivity contribution in [2.75, 3.05) is 20.1 Å². The van der Waals surface area contributed by atoms with Gasteiger partial charge in [-0.15, -0.1) is 0 Å². The largest absolute Gasteiger partial charge is 0.508 e. The van der Waals surface area contributed by atoms with Crippen LogP contribution in [0.4, 0.5) is 4.79 Å². The van der Waals surface area contributed by atoms with E-state index in [4.69, 9.17) is 9.47 Å². The minimum Gasteiger partial charge on any atom is -0.508 e. The van der Waals surface area contributed by atoms with E-state index in [1.165, 1.54) is 19.3 Å². The number of benzene rings is 4. The van der Waals surface area contributed by atoms with Gasteiger partial charge >= 0.3 is 6.03 Å². The zero-order valence-electron chi connectivity index (χ0n) is 31.1. The first kappa shape index (κ1) is 36.7. The van der Waals surface area contributed by atoms with E-state index in [9.17, 15) is 20.1 Å². The number of aliphatic hydroxyl groups is 2. The Morgan fingerprint density at radius 1 is 0.815 bits per heavy atom. The van der Waals surface area contributed by atoms with Gasteiger partial charge in [-0.3, -0.25) is 0 Å². The zero-order chi connectivity index (χ0) is 37.2. The molecule has 4 bridgehead atoms. The van der Waals surface area contributed by atoms with Gasteiger partial charge < -0.3 is 40.3 Å². The lowest BCUT2D eigenvalue weighted by molar-refractivity contribution is -0.252. The first-order chi connectivity index (χ1) is 26.2. The van der Waals surface area contributed by atoms with E-state index in [1.807, 2.05) is 60.5 Å². The number of hydrogen-bond acceptors (Lipinski definition) is 7. The Kier molecular flexibility index (Phi) is 10.8. The maximum absolute atomic E-state index is 13.1. The molecular formula is C45H53N3O6. The highest BCUT2D eigenvalue weighted by Gasteiger charge is 2.51. The second-order valence-corrected chi connectivity index (χ2v) is 16.5. The molecule has 9 heteroatoms. The van der Waals surface area contributed by atoms with Gasteiger partial charge in [0.1, 0.15) is 5.75 Å². The molecule has 54 heavy (non-hydrogen) atoms. The van der Waals surface area contributed by atoms with Gasteiger partial charge in [-0.1, -0.05) is 78.9 Å². The van der Waals surface area contributed by atoms with Crippen molar-refractivity contribution < 1.29 is 29.6 Å². The summed E-state index contributed by atoms with van der Waals surface area (Å²) in [6, 6.07) is 31.1. The predicted molar refractivity (Wildman–Crippen MR) is 207 cm³/mol. The number of likely N-dealkylation sites (N-methyl/N-ethyl adjacent to an activating group) is 1. The lowest BCUT2D eigenvalue weighted by atomic mass is 9.53. The summed E-state index contributed by atoms with van der Waals surface area (Å²) in [6.07, 6.45) is 6.32. The average Bonchev–Trinajstić information content (AvgIpc) is 3.16. The molecular weight excluding hydrogens is 679 g/mol. The molecule has 9 nitrogen and oxygen atoms in total. The van der Waals surface area contributed by atoms with Crippen LogP contribution in [0.15, 0.2) is 97.1 Å². The van der Waals surface area contributed by atoms with Gasteiger partial charge in [0, 0.05) is 37.2 Å². The minimum absolute atomic E-state index is 0.00874. The number of carbonyl (C=O) groups is 1. The second kappa shape index (κ2) is 15.8. The van der Waals surface area contributed by atoms with Crippen LogP contribution in [-0.4, -0.2) is 58.0 Å². The highest BCUT2D eigenvalue weighted by atomic mass is 16.7. The molecule has 4 saturated carbocycles. The Labute approximate surface area is 318 Å². The van der Waals surface area contributed by atoms with Gasteiger partial charge in [-0.25, -0.2) is 4.79 Å². The molecule has 1 heterocycles. The average molecular weight is 732 g/mol. The van der Waals surface area contributed by atoms with Crippen LogP contribution in [0.1, 0.15) is 91.3 Å². The molecule has 4 aromatic rings. The molecule has 284 valence electrons. The summed E-state index contributed by atoms with van der Waals surface area (Å²) in [6.45, 7) is 1.39. The quantitative estimate of drug-likeness (QED) is 0.102. The molecule has 0 aromatic heterocycles. The van der Waals surface area contributed by atoms with E-state index in [1.54, 1.807) is 18.2 Å². The van der Waals surface area contributed by atoms with Crippen molar-refractivity contribution in [3.63, 3.8) is 0 Å². The van der Waals surface area contributed by atoms with Crippen LogP contribution in [-0.2, 0) is 22.6 Å². The van der Waals surface area contributed by atoms with Crippen LogP contribution in [0.3, 0.4) is 0 Å². The molecule has 1 saturated heterocycles. The summed E-state index contributed by atoms with van der Waals surface area (Å²) in [5, 5.41) is 36.9.